The molecule has 5 heteroatoms. The molecular weight excluding hydrogens is 265 g/mol. The van der Waals surface area contributed by atoms with Crippen LogP contribution in [0.1, 0.15) is 29.1 Å². The van der Waals surface area contributed by atoms with Crippen LogP contribution in [-0.2, 0) is 0 Å². The summed E-state index contributed by atoms with van der Waals surface area (Å²) in [5.41, 5.74) is 0.933. The molecule has 0 fully saturated rings. The van der Waals surface area contributed by atoms with E-state index in [-0.39, 0.29) is 11.3 Å². The number of hydrogen-bond acceptors (Lipinski definition) is 2. The van der Waals surface area contributed by atoms with Crippen LogP contribution in [0.3, 0.4) is 0 Å². The fourth-order valence-electron chi connectivity index (χ4n) is 1.09. The van der Waals surface area contributed by atoms with Gasteiger partial charge in [0.1, 0.15) is 4.88 Å². The second kappa shape index (κ2) is 5.89. The average molecular weight is 280 g/mol. The molecule has 0 saturated carbocycles. The summed E-state index contributed by atoms with van der Waals surface area (Å²) in [5, 5.41) is 5.15. The van der Waals surface area contributed by atoms with E-state index in [2.05, 4.69) is 5.32 Å². The number of carbonyl (C=O) groups excluding carboxylic acids is 1. The van der Waals surface area contributed by atoms with E-state index < -0.39 is 0 Å². The van der Waals surface area contributed by atoms with Gasteiger partial charge in [0.2, 0.25) is 0 Å². The van der Waals surface area contributed by atoms with Crippen LogP contribution in [0, 0.1) is 12.8 Å². The van der Waals surface area contributed by atoms with Gasteiger partial charge in [-0.2, -0.15) is 0 Å². The molecule has 0 saturated heterocycles. The summed E-state index contributed by atoms with van der Waals surface area (Å²) < 4.78 is 0. The number of alkyl halides is 1. The summed E-state index contributed by atoms with van der Waals surface area (Å²) in [7, 11) is 0. The molecule has 0 spiro atoms. The summed E-state index contributed by atoms with van der Waals surface area (Å²) in [4.78, 5) is 12.3. The average Bonchev–Trinajstić information content (AvgIpc) is 2.55. The maximum absolute atomic E-state index is 11.8. The molecule has 0 aliphatic carbocycles. The number of nitrogens with one attached hydrogen (secondary N) is 1. The minimum Gasteiger partial charge on any atom is -0.350 e. The molecule has 0 bridgehead atoms. The van der Waals surface area contributed by atoms with Gasteiger partial charge in [0.05, 0.1) is 10.4 Å². The normalized spacial score (nSPS) is 12.9. The Balaban J connectivity index is 2.57. The molecule has 1 rings (SSSR count). The number of aryl methyl sites for hydroxylation is 1. The van der Waals surface area contributed by atoms with E-state index in [1.54, 1.807) is 0 Å². The third kappa shape index (κ3) is 3.37. The van der Waals surface area contributed by atoms with Crippen molar-refractivity contribution in [2.75, 3.05) is 6.54 Å². The standard InChI is InChI=1S/C11H15Cl2NOS/c1-6(2)8(12)4-14-11(15)10-9(13)7(3)5-16-10/h5-6,8H,4H2,1-3H3,(H,14,15). The Morgan fingerprint density at radius 2 is 2.19 bits per heavy atom. The van der Waals surface area contributed by atoms with Crippen LogP contribution in [0.15, 0.2) is 5.38 Å². The molecule has 90 valence electrons. The molecule has 0 aromatic carbocycles. The third-order valence-electron chi connectivity index (χ3n) is 2.29. The van der Waals surface area contributed by atoms with Gasteiger partial charge in [0.15, 0.2) is 0 Å². The first-order chi connectivity index (χ1) is 7.43. The van der Waals surface area contributed by atoms with Crippen LogP contribution >= 0.6 is 34.5 Å². The van der Waals surface area contributed by atoms with E-state index in [0.29, 0.717) is 22.4 Å². The first-order valence-electron chi connectivity index (χ1n) is 5.09. The maximum atomic E-state index is 11.8. The molecule has 1 aromatic rings. The fourth-order valence-corrected chi connectivity index (χ4v) is 2.36. The lowest BCUT2D eigenvalue weighted by molar-refractivity contribution is 0.0956. The maximum Gasteiger partial charge on any atom is 0.262 e. The smallest absolute Gasteiger partial charge is 0.262 e. The van der Waals surface area contributed by atoms with E-state index in [4.69, 9.17) is 23.2 Å². The number of rotatable bonds is 4. The van der Waals surface area contributed by atoms with Gasteiger partial charge in [-0.3, -0.25) is 4.79 Å². The van der Waals surface area contributed by atoms with Crippen molar-refractivity contribution in [3.05, 3.63) is 20.8 Å². The minimum atomic E-state index is -0.144. The van der Waals surface area contributed by atoms with E-state index in [1.807, 2.05) is 26.2 Å². The molecule has 0 aliphatic heterocycles. The van der Waals surface area contributed by atoms with Gasteiger partial charge in [-0.15, -0.1) is 22.9 Å². The van der Waals surface area contributed by atoms with Crippen molar-refractivity contribution in [2.45, 2.75) is 26.1 Å². The summed E-state index contributed by atoms with van der Waals surface area (Å²) in [5.74, 6) is 0.192. The van der Waals surface area contributed by atoms with Crippen LogP contribution in [-0.4, -0.2) is 17.8 Å². The van der Waals surface area contributed by atoms with Gasteiger partial charge in [-0.25, -0.2) is 0 Å². The van der Waals surface area contributed by atoms with Gasteiger partial charge in [0, 0.05) is 6.54 Å². The highest BCUT2D eigenvalue weighted by Crippen LogP contribution is 2.26. The fraction of sp³-hybridized carbons (Fsp3) is 0.545. The van der Waals surface area contributed by atoms with Crippen LogP contribution in [0.25, 0.3) is 0 Å². The Bertz CT molecular complexity index is 376. The predicted molar refractivity (Wildman–Crippen MR) is 70.9 cm³/mol. The van der Waals surface area contributed by atoms with Gasteiger partial charge >= 0.3 is 0 Å². The molecule has 1 atom stereocenters. The largest absolute Gasteiger partial charge is 0.350 e. The van der Waals surface area contributed by atoms with Crippen molar-refractivity contribution < 1.29 is 4.79 Å². The zero-order chi connectivity index (χ0) is 12.3. The number of thiophene rings is 1. The first-order valence-corrected chi connectivity index (χ1v) is 6.78. The lowest BCUT2D eigenvalue weighted by Crippen LogP contribution is -2.31. The number of carbonyl (C=O) groups is 1. The van der Waals surface area contributed by atoms with Gasteiger partial charge < -0.3 is 5.32 Å². The van der Waals surface area contributed by atoms with Crippen molar-refractivity contribution in [2.24, 2.45) is 5.92 Å². The molecule has 1 heterocycles. The second-order valence-corrected chi connectivity index (χ2v) is 5.85. The highest BCUT2D eigenvalue weighted by molar-refractivity contribution is 7.13. The topological polar surface area (TPSA) is 29.1 Å². The van der Waals surface area contributed by atoms with Crippen LogP contribution in [0.2, 0.25) is 5.02 Å². The quantitative estimate of drug-likeness (QED) is 0.837. The van der Waals surface area contributed by atoms with E-state index in [1.165, 1.54) is 11.3 Å². The van der Waals surface area contributed by atoms with Gasteiger partial charge in [0.25, 0.3) is 5.91 Å². The first kappa shape index (κ1) is 13.8. The Hall–Kier alpha value is -0.250. The molecule has 2 nitrogen and oxygen atoms in total. The predicted octanol–water partition coefficient (Wildman–Crippen LogP) is 3.70. The second-order valence-electron chi connectivity index (χ2n) is 4.03. The summed E-state index contributed by atoms with van der Waals surface area (Å²) in [6.45, 7) is 6.39. The van der Waals surface area contributed by atoms with Crippen molar-refractivity contribution in [1.82, 2.24) is 5.32 Å². The van der Waals surface area contributed by atoms with Crippen molar-refractivity contribution in [3.8, 4) is 0 Å². The molecular formula is C11H15Cl2NOS. The van der Waals surface area contributed by atoms with Crippen molar-refractivity contribution in [1.29, 1.82) is 0 Å². The lowest BCUT2D eigenvalue weighted by atomic mass is 10.1. The monoisotopic (exact) mass is 279 g/mol. The highest BCUT2D eigenvalue weighted by Gasteiger charge is 2.16. The van der Waals surface area contributed by atoms with Crippen LogP contribution < -0.4 is 5.32 Å². The summed E-state index contributed by atoms with van der Waals surface area (Å²) in [6.07, 6.45) is 0. The van der Waals surface area contributed by atoms with Gasteiger partial charge in [-0.1, -0.05) is 25.4 Å². The Labute approximate surface area is 110 Å². The SMILES string of the molecule is Cc1csc(C(=O)NCC(Cl)C(C)C)c1Cl. The number of halogens is 2. The van der Waals surface area contributed by atoms with Crippen LogP contribution in [0.5, 0.6) is 0 Å². The third-order valence-corrected chi connectivity index (χ3v) is 4.64. The zero-order valence-corrected chi connectivity index (χ0v) is 11.8. The minimum absolute atomic E-state index is 0.0521. The van der Waals surface area contributed by atoms with Crippen molar-refractivity contribution in [3.63, 3.8) is 0 Å². The Morgan fingerprint density at radius 1 is 1.56 bits per heavy atom. The van der Waals surface area contributed by atoms with E-state index in [9.17, 15) is 4.79 Å². The number of hydrogen-bond donors (Lipinski definition) is 1. The Kier molecular flexibility index (Phi) is 5.09. The Morgan fingerprint density at radius 3 is 2.62 bits per heavy atom. The zero-order valence-electron chi connectivity index (χ0n) is 9.51. The summed E-state index contributed by atoms with van der Waals surface area (Å²) in [6, 6.07) is 0. The lowest BCUT2D eigenvalue weighted by Gasteiger charge is -2.13. The molecule has 0 aliphatic rings. The van der Waals surface area contributed by atoms with E-state index >= 15 is 0 Å². The summed E-state index contributed by atoms with van der Waals surface area (Å²) >= 11 is 13.4. The van der Waals surface area contributed by atoms with Crippen molar-refractivity contribution >= 4 is 40.4 Å². The molecule has 1 aromatic heterocycles. The molecule has 1 unspecified atom stereocenters. The van der Waals surface area contributed by atoms with E-state index in [0.717, 1.165) is 5.56 Å². The number of amides is 1. The molecule has 1 N–H and O–H groups in total. The molecule has 16 heavy (non-hydrogen) atoms. The molecule has 1 amide bonds. The van der Waals surface area contributed by atoms with Crippen LogP contribution in [0.4, 0.5) is 0 Å². The highest BCUT2D eigenvalue weighted by atomic mass is 35.5. The molecule has 0 radical (unpaired) electrons. The van der Waals surface area contributed by atoms with Gasteiger partial charge in [-0.05, 0) is 23.8 Å².